The van der Waals surface area contributed by atoms with Gasteiger partial charge in [-0.25, -0.2) is 9.67 Å². The molecule has 1 saturated heterocycles. The highest BCUT2D eigenvalue weighted by Gasteiger charge is 2.22. The second-order valence-corrected chi connectivity index (χ2v) is 11.0. The molecular weight excluding hydrogens is 555 g/mol. The molecule has 0 saturated carbocycles. The zero-order valence-electron chi connectivity index (χ0n) is 25.8. The van der Waals surface area contributed by atoms with Gasteiger partial charge in [-0.15, -0.1) is 0 Å². The largest absolute Gasteiger partial charge is 0.497 e. The third kappa shape index (κ3) is 6.88. The molecule has 2 radical (unpaired) electrons. The van der Waals surface area contributed by atoms with E-state index in [1.54, 1.807) is 37.4 Å². The van der Waals surface area contributed by atoms with E-state index in [1.807, 2.05) is 30.8 Å². The number of nitrogens with one attached hydrogen (secondary N) is 3. The molecule has 0 atom stereocenters. The zero-order valence-corrected chi connectivity index (χ0v) is 25.8. The monoisotopic (exact) mass is 594 g/mol. The Morgan fingerprint density at radius 2 is 1.75 bits per heavy atom. The van der Waals surface area contributed by atoms with Crippen molar-refractivity contribution in [2.75, 3.05) is 25.6 Å². The number of nitrogens with zero attached hydrogens (tertiary/aromatic N) is 3. The van der Waals surface area contributed by atoms with Crippen LogP contribution in [-0.2, 0) is 30.8 Å². The van der Waals surface area contributed by atoms with Gasteiger partial charge >= 0.3 is 0 Å². The first-order valence-electron chi connectivity index (χ1n) is 15.1. The van der Waals surface area contributed by atoms with Crippen LogP contribution in [0.2, 0.25) is 0 Å². The van der Waals surface area contributed by atoms with Gasteiger partial charge in [0.25, 0.3) is 11.8 Å². The molecule has 0 bridgehead atoms. The topological polar surface area (TPSA) is 119 Å². The smallest absolute Gasteiger partial charge is 0.251 e. The fourth-order valence-electron chi connectivity index (χ4n) is 5.59. The second kappa shape index (κ2) is 13.9. The van der Waals surface area contributed by atoms with Crippen molar-refractivity contribution in [1.82, 2.24) is 25.4 Å². The van der Waals surface area contributed by atoms with E-state index >= 15 is 0 Å². The van der Waals surface area contributed by atoms with Crippen molar-refractivity contribution in [2.24, 2.45) is 0 Å². The summed E-state index contributed by atoms with van der Waals surface area (Å²) >= 11 is 0. The molecule has 1 fully saturated rings. The molecule has 11 heteroatoms. The Kier molecular flexibility index (Phi) is 9.84. The Balaban J connectivity index is 1.35. The van der Waals surface area contributed by atoms with Crippen LogP contribution in [-0.4, -0.2) is 60.8 Å². The molecule has 0 spiro atoms. The zero-order chi connectivity index (χ0) is 31.2. The Morgan fingerprint density at radius 3 is 2.39 bits per heavy atom. The summed E-state index contributed by atoms with van der Waals surface area (Å²) in [6, 6.07) is 10.8. The summed E-state index contributed by atoms with van der Waals surface area (Å²) in [5.74, 6) is 0.0312. The Bertz CT molecular complexity index is 1660. The second-order valence-electron chi connectivity index (χ2n) is 11.0. The van der Waals surface area contributed by atoms with Gasteiger partial charge in [0.15, 0.2) is 5.65 Å². The van der Waals surface area contributed by atoms with Crippen molar-refractivity contribution in [3.05, 3.63) is 76.1 Å². The first-order chi connectivity index (χ1) is 21.3. The maximum absolute atomic E-state index is 13.5. The van der Waals surface area contributed by atoms with E-state index in [4.69, 9.17) is 22.3 Å². The third-order valence-corrected chi connectivity index (χ3v) is 7.95. The number of methoxy groups -OCH3 is 1. The van der Waals surface area contributed by atoms with Crippen LogP contribution in [0.1, 0.15) is 69.8 Å². The lowest BCUT2D eigenvalue weighted by Gasteiger charge is -2.26. The first kappa shape index (κ1) is 31.1. The first-order valence-corrected chi connectivity index (χ1v) is 15.1. The SMILES string of the molecule is [B]c1cc(CNC(=O)c2cc(C)cc(C(=O)NCc3c(CC)nc4c(cnn4CC)c3NC3CCOCC3)c2)ccc1OC. The summed E-state index contributed by atoms with van der Waals surface area (Å²) in [6.07, 6.45) is 4.36. The maximum atomic E-state index is 13.5. The molecule has 228 valence electrons. The molecule has 2 aromatic heterocycles. The van der Waals surface area contributed by atoms with Crippen molar-refractivity contribution >= 4 is 41.8 Å². The number of amides is 2. The fraction of sp³-hybridized carbons (Fsp3) is 0.394. The number of benzene rings is 2. The molecule has 2 aromatic carbocycles. The van der Waals surface area contributed by atoms with Crippen LogP contribution in [0.15, 0.2) is 42.6 Å². The molecule has 0 aliphatic carbocycles. The quantitative estimate of drug-likeness (QED) is 0.227. The molecule has 10 nitrogen and oxygen atoms in total. The number of hydrogen-bond donors (Lipinski definition) is 3. The van der Waals surface area contributed by atoms with E-state index in [0.29, 0.717) is 48.5 Å². The van der Waals surface area contributed by atoms with Crippen LogP contribution in [0.5, 0.6) is 5.75 Å². The number of fused-ring (bicyclic) bond motifs is 1. The van der Waals surface area contributed by atoms with Crippen molar-refractivity contribution in [3.8, 4) is 5.75 Å². The number of rotatable bonds is 11. The van der Waals surface area contributed by atoms with Crippen molar-refractivity contribution in [2.45, 2.75) is 65.7 Å². The predicted octanol–water partition coefficient (Wildman–Crippen LogP) is 3.58. The Morgan fingerprint density at radius 1 is 1.05 bits per heavy atom. The van der Waals surface area contributed by atoms with Gasteiger partial charge in [0, 0.05) is 61.3 Å². The van der Waals surface area contributed by atoms with E-state index in [-0.39, 0.29) is 30.9 Å². The normalized spacial score (nSPS) is 13.5. The number of aryl methyl sites for hydroxylation is 3. The molecule has 3 heterocycles. The lowest BCUT2D eigenvalue weighted by molar-refractivity contribution is 0.0904. The van der Waals surface area contributed by atoms with Crippen LogP contribution in [0.25, 0.3) is 11.0 Å². The van der Waals surface area contributed by atoms with Gasteiger partial charge in [0.2, 0.25) is 0 Å². The highest BCUT2D eigenvalue weighted by molar-refractivity contribution is 6.34. The molecule has 3 N–H and O–H groups in total. The molecular formula is C33H39BN6O4. The average Bonchev–Trinajstić information content (AvgIpc) is 3.45. The molecule has 1 aliphatic rings. The summed E-state index contributed by atoms with van der Waals surface area (Å²) in [4.78, 5) is 31.5. The summed E-state index contributed by atoms with van der Waals surface area (Å²) in [5.41, 5.74) is 6.61. The summed E-state index contributed by atoms with van der Waals surface area (Å²) in [7, 11) is 7.56. The van der Waals surface area contributed by atoms with Crippen molar-refractivity contribution < 1.29 is 19.1 Å². The summed E-state index contributed by atoms with van der Waals surface area (Å²) in [5, 5.41) is 15.3. The van der Waals surface area contributed by atoms with Crippen LogP contribution < -0.4 is 26.2 Å². The van der Waals surface area contributed by atoms with E-state index < -0.39 is 0 Å². The highest BCUT2D eigenvalue weighted by Crippen LogP contribution is 2.31. The lowest BCUT2D eigenvalue weighted by Crippen LogP contribution is -2.30. The standard InChI is InChI=1S/C33H39BN6O4/c1-5-28-25(30(38-24-9-11-44-12-10-24)26-19-37-40(6-2)31(26)39-28)18-36-33(42)23-14-20(3)13-22(16-23)32(41)35-17-21-7-8-29(43-4)27(34)15-21/h7-8,13-16,19,24H,5-6,9-12,17-18H2,1-4H3,(H,35,41)(H,36,42)(H,38,39). The van der Waals surface area contributed by atoms with Crippen molar-refractivity contribution in [3.63, 3.8) is 0 Å². The molecule has 1 aliphatic heterocycles. The van der Waals surface area contributed by atoms with Crippen molar-refractivity contribution in [1.29, 1.82) is 0 Å². The highest BCUT2D eigenvalue weighted by atomic mass is 16.5. The van der Waals surface area contributed by atoms with Gasteiger partial charge in [0.1, 0.15) is 13.6 Å². The van der Waals surface area contributed by atoms with E-state index in [2.05, 4.69) is 28.0 Å². The molecule has 4 aromatic rings. The van der Waals surface area contributed by atoms with Gasteiger partial charge in [-0.05, 0) is 68.5 Å². The average molecular weight is 595 g/mol. The Labute approximate surface area is 259 Å². The van der Waals surface area contributed by atoms with Gasteiger partial charge in [-0.1, -0.05) is 24.5 Å². The van der Waals surface area contributed by atoms with Gasteiger partial charge in [-0.2, -0.15) is 5.10 Å². The summed E-state index contributed by atoms with van der Waals surface area (Å²) < 4.78 is 12.7. The molecule has 0 unspecified atom stereocenters. The number of carbonyl (C=O) groups excluding carboxylic acids is 2. The van der Waals surface area contributed by atoms with Crippen LogP contribution in [0, 0.1) is 6.92 Å². The van der Waals surface area contributed by atoms with E-state index in [9.17, 15) is 9.59 Å². The minimum Gasteiger partial charge on any atom is -0.497 e. The molecule has 44 heavy (non-hydrogen) atoms. The number of carbonyl (C=O) groups is 2. The van der Waals surface area contributed by atoms with Gasteiger partial charge in [-0.3, -0.25) is 9.59 Å². The third-order valence-electron chi connectivity index (χ3n) is 7.95. The molecule has 5 rings (SSSR count). The minimum atomic E-state index is -0.282. The number of aromatic nitrogens is 3. The van der Waals surface area contributed by atoms with Gasteiger partial charge < -0.3 is 25.4 Å². The van der Waals surface area contributed by atoms with Crippen LogP contribution >= 0.6 is 0 Å². The molecule has 2 amide bonds. The fourth-order valence-corrected chi connectivity index (χ4v) is 5.59. The van der Waals surface area contributed by atoms with E-state index in [0.717, 1.165) is 51.9 Å². The number of anilines is 1. The van der Waals surface area contributed by atoms with E-state index in [1.165, 1.54) is 0 Å². The van der Waals surface area contributed by atoms with Crippen LogP contribution in [0.4, 0.5) is 5.69 Å². The Hall–Kier alpha value is -4.38. The maximum Gasteiger partial charge on any atom is 0.251 e. The number of pyridine rings is 1. The van der Waals surface area contributed by atoms with Gasteiger partial charge in [0.05, 0.1) is 24.4 Å². The number of ether oxygens (including phenoxy) is 2. The van der Waals surface area contributed by atoms with Crippen LogP contribution in [0.3, 0.4) is 0 Å². The lowest BCUT2D eigenvalue weighted by atomic mass is 9.93. The predicted molar refractivity (Wildman–Crippen MR) is 172 cm³/mol. The minimum absolute atomic E-state index is 0.255. The summed E-state index contributed by atoms with van der Waals surface area (Å²) in [6.45, 7) is 8.68. The number of hydrogen-bond acceptors (Lipinski definition) is 7.